The van der Waals surface area contributed by atoms with Crippen LogP contribution in [-0.2, 0) is 33.9 Å². The topological polar surface area (TPSA) is 131 Å². The van der Waals surface area contributed by atoms with Crippen molar-refractivity contribution < 1.29 is 34.7 Å². The molecule has 1 heterocycles. The van der Waals surface area contributed by atoms with E-state index in [9.17, 15) is 21.6 Å². The lowest BCUT2D eigenvalue weighted by molar-refractivity contribution is 0.111. The van der Waals surface area contributed by atoms with Crippen LogP contribution in [-0.4, -0.2) is 32.9 Å². The molecular weight excluding hydrogens is 544 g/mol. The van der Waals surface area contributed by atoms with Crippen molar-refractivity contribution in [3.8, 4) is 17.2 Å². The third-order valence-electron chi connectivity index (χ3n) is 5.75. The van der Waals surface area contributed by atoms with E-state index < -0.39 is 26.0 Å². The molecule has 4 rings (SSSR count). The van der Waals surface area contributed by atoms with Gasteiger partial charge in [-0.25, -0.2) is 0 Å². The van der Waals surface area contributed by atoms with Gasteiger partial charge in [0.05, 0.1) is 5.69 Å². The van der Waals surface area contributed by atoms with E-state index >= 15 is 0 Å². The first kappa shape index (κ1) is 27.9. The van der Waals surface area contributed by atoms with Crippen molar-refractivity contribution in [1.82, 2.24) is 9.78 Å². The summed E-state index contributed by atoms with van der Waals surface area (Å²) in [6.07, 6.45) is 2.07. The van der Waals surface area contributed by atoms with Crippen LogP contribution in [0.2, 0.25) is 0 Å². The van der Waals surface area contributed by atoms with Crippen LogP contribution < -0.4 is 13.1 Å². The fourth-order valence-electron chi connectivity index (χ4n) is 3.61. The maximum atomic E-state index is 13.1. The van der Waals surface area contributed by atoms with Crippen molar-refractivity contribution in [2.75, 3.05) is 0 Å². The van der Waals surface area contributed by atoms with Crippen LogP contribution in [0.4, 0.5) is 0 Å². The molecule has 0 aliphatic heterocycles. The second kappa shape index (κ2) is 10.9. The lowest BCUT2D eigenvalue weighted by atomic mass is 10.1. The highest BCUT2D eigenvalue weighted by Gasteiger charge is 2.27. The van der Waals surface area contributed by atoms with Crippen LogP contribution in [0.1, 0.15) is 32.7 Å². The van der Waals surface area contributed by atoms with Crippen LogP contribution in [0.3, 0.4) is 0 Å². The van der Waals surface area contributed by atoms with E-state index in [-0.39, 0.29) is 39.0 Å². The molecule has 1 aromatic heterocycles. The lowest BCUT2D eigenvalue weighted by Crippen LogP contribution is -2.14. The molecule has 0 aliphatic carbocycles. The van der Waals surface area contributed by atoms with Gasteiger partial charge in [-0.3, -0.25) is 9.48 Å². The maximum absolute atomic E-state index is 13.1. The number of nitrogens with zero attached hydrogens (tertiary/aromatic N) is 2. The number of aromatic nitrogens is 2. The molecule has 0 N–H and O–H groups in total. The number of rotatable bonds is 10. The fourth-order valence-corrected chi connectivity index (χ4v) is 5.53. The number of hydrogen-bond acceptors (Lipinski definition) is 9. The Hall–Kier alpha value is -4.16. The van der Waals surface area contributed by atoms with Gasteiger partial charge in [0, 0.05) is 24.9 Å². The second-order valence-electron chi connectivity index (χ2n) is 8.83. The molecule has 39 heavy (non-hydrogen) atoms. The summed E-state index contributed by atoms with van der Waals surface area (Å²) in [4.78, 5) is 11.9. The van der Waals surface area contributed by atoms with E-state index in [2.05, 4.69) is 5.10 Å². The van der Waals surface area contributed by atoms with Crippen molar-refractivity contribution in [3.63, 3.8) is 0 Å². The molecule has 0 amide bonds. The normalized spacial score (nSPS) is 11.7. The molecule has 4 aromatic rings. The zero-order chi connectivity index (χ0) is 28.4. The van der Waals surface area contributed by atoms with Crippen molar-refractivity contribution in [2.24, 2.45) is 7.05 Å². The van der Waals surface area contributed by atoms with Gasteiger partial charge in [0.25, 0.3) is 0 Å². The van der Waals surface area contributed by atoms with Crippen LogP contribution in [0.15, 0.2) is 76.7 Å². The van der Waals surface area contributed by atoms with Gasteiger partial charge in [0.15, 0.2) is 17.8 Å². The Morgan fingerprint density at radius 3 is 1.77 bits per heavy atom. The third-order valence-corrected chi connectivity index (χ3v) is 8.25. The lowest BCUT2D eigenvalue weighted by Gasteiger charge is -2.18. The van der Waals surface area contributed by atoms with Gasteiger partial charge in [-0.1, -0.05) is 35.4 Å². The molecule has 0 fully saturated rings. The highest BCUT2D eigenvalue weighted by atomic mass is 32.2. The Balaban J connectivity index is 1.81. The molecule has 0 radical (unpaired) electrons. The molecule has 10 nitrogen and oxygen atoms in total. The van der Waals surface area contributed by atoms with E-state index in [1.54, 1.807) is 55.2 Å². The van der Waals surface area contributed by atoms with Crippen molar-refractivity contribution in [3.05, 3.63) is 94.8 Å². The zero-order valence-electron chi connectivity index (χ0n) is 21.6. The van der Waals surface area contributed by atoms with Gasteiger partial charge >= 0.3 is 20.2 Å². The SMILES string of the molecule is Cc1ccc(S(=O)(=O)Oc2cc(OS(=O)(=O)c3ccc(C)cc3)c(C=O)c(OCc3ccn(C)n3)c2C)cc1. The average Bonchev–Trinajstić information content (AvgIpc) is 3.30. The molecule has 0 unspecified atom stereocenters. The van der Waals surface area contributed by atoms with Crippen molar-refractivity contribution in [2.45, 2.75) is 37.2 Å². The monoisotopic (exact) mass is 570 g/mol. The summed E-state index contributed by atoms with van der Waals surface area (Å²) in [6.45, 7) is 4.99. The van der Waals surface area contributed by atoms with E-state index in [1.165, 1.54) is 31.2 Å². The number of benzene rings is 3. The first-order chi connectivity index (χ1) is 18.4. The number of aldehydes is 1. The van der Waals surface area contributed by atoms with Gasteiger partial charge in [-0.05, 0) is 51.1 Å². The van der Waals surface area contributed by atoms with Gasteiger partial charge in [0.1, 0.15) is 27.7 Å². The van der Waals surface area contributed by atoms with Gasteiger partial charge in [-0.15, -0.1) is 0 Å². The summed E-state index contributed by atoms with van der Waals surface area (Å²) in [5, 5.41) is 4.22. The molecule has 0 spiro atoms. The molecule has 204 valence electrons. The Labute approximate surface area is 227 Å². The van der Waals surface area contributed by atoms with E-state index in [4.69, 9.17) is 13.1 Å². The minimum Gasteiger partial charge on any atom is -0.486 e. The fraction of sp³-hybridized carbons (Fsp3) is 0.185. The maximum Gasteiger partial charge on any atom is 0.339 e. The summed E-state index contributed by atoms with van der Waals surface area (Å²) in [5.74, 6) is -0.839. The molecule has 0 bridgehead atoms. The number of ether oxygens (including phenoxy) is 1. The number of carbonyl (C=O) groups excluding carboxylic acids is 1. The Morgan fingerprint density at radius 2 is 1.31 bits per heavy atom. The number of carbonyl (C=O) groups is 1. The van der Waals surface area contributed by atoms with Crippen LogP contribution in [0.5, 0.6) is 17.2 Å². The predicted octanol–water partition coefficient (Wildman–Crippen LogP) is 4.27. The number of aryl methyl sites for hydroxylation is 3. The first-order valence-corrected chi connectivity index (χ1v) is 14.5. The molecule has 0 saturated heterocycles. The Kier molecular flexibility index (Phi) is 7.79. The Morgan fingerprint density at radius 1 is 0.795 bits per heavy atom. The average molecular weight is 571 g/mol. The summed E-state index contributed by atoms with van der Waals surface area (Å²) >= 11 is 0. The summed E-state index contributed by atoms with van der Waals surface area (Å²) < 4.78 is 70.4. The van der Waals surface area contributed by atoms with E-state index in [0.29, 0.717) is 12.0 Å². The summed E-state index contributed by atoms with van der Waals surface area (Å²) in [6, 6.07) is 14.6. The molecule has 3 aromatic carbocycles. The third kappa shape index (κ3) is 6.29. The smallest absolute Gasteiger partial charge is 0.339 e. The summed E-state index contributed by atoms with van der Waals surface area (Å²) in [7, 11) is -7.02. The van der Waals surface area contributed by atoms with E-state index in [1.807, 2.05) is 6.92 Å². The van der Waals surface area contributed by atoms with E-state index in [0.717, 1.165) is 17.2 Å². The molecule has 0 aliphatic rings. The van der Waals surface area contributed by atoms with Gasteiger partial charge in [0.2, 0.25) is 0 Å². The molecule has 0 saturated carbocycles. The molecule has 12 heteroatoms. The molecule has 0 atom stereocenters. The first-order valence-electron chi connectivity index (χ1n) is 11.7. The highest BCUT2D eigenvalue weighted by Crippen LogP contribution is 2.40. The van der Waals surface area contributed by atoms with Crippen LogP contribution in [0.25, 0.3) is 0 Å². The minimum atomic E-state index is -4.41. The van der Waals surface area contributed by atoms with Crippen LogP contribution >= 0.6 is 0 Å². The minimum absolute atomic E-state index is 0.0964. The quantitative estimate of drug-likeness (QED) is 0.203. The highest BCUT2D eigenvalue weighted by molar-refractivity contribution is 7.87. The zero-order valence-corrected chi connectivity index (χ0v) is 23.2. The second-order valence-corrected chi connectivity index (χ2v) is 11.9. The van der Waals surface area contributed by atoms with Crippen molar-refractivity contribution >= 4 is 26.5 Å². The van der Waals surface area contributed by atoms with Crippen molar-refractivity contribution in [1.29, 1.82) is 0 Å². The Bertz CT molecular complexity index is 1730. The van der Waals surface area contributed by atoms with Gasteiger partial charge < -0.3 is 13.1 Å². The largest absolute Gasteiger partial charge is 0.486 e. The van der Waals surface area contributed by atoms with Crippen LogP contribution in [0, 0.1) is 20.8 Å². The van der Waals surface area contributed by atoms with Gasteiger partial charge in [-0.2, -0.15) is 21.9 Å². The predicted molar refractivity (Wildman–Crippen MR) is 142 cm³/mol. The molecular formula is C27H26N2O8S2. The summed E-state index contributed by atoms with van der Waals surface area (Å²) in [5.41, 5.74) is 2.10. The number of hydrogen-bond donors (Lipinski definition) is 0. The standard InChI is InChI=1S/C27H26N2O8S2/c1-18-5-9-22(10-6-18)38(31,32)36-25-15-26(37-39(33,34)23-11-7-19(2)8-12-23)24(16-30)27(20(25)3)35-17-21-13-14-29(4)28-21/h5-16H,17H2,1-4H3.